The summed E-state index contributed by atoms with van der Waals surface area (Å²) in [6, 6.07) is 10.5. The maximum atomic E-state index is 6.07. The van der Waals surface area contributed by atoms with E-state index in [1.165, 1.54) is 0 Å². The normalized spacial score (nSPS) is 10.3. The fourth-order valence-corrected chi connectivity index (χ4v) is 2.66. The molecule has 0 fully saturated rings. The van der Waals surface area contributed by atoms with E-state index in [2.05, 4.69) is 15.9 Å². The van der Waals surface area contributed by atoms with Gasteiger partial charge in [0.25, 0.3) is 0 Å². The van der Waals surface area contributed by atoms with Gasteiger partial charge in [0.1, 0.15) is 16.5 Å². The van der Waals surface area contributed by atoms with Crippen molar-refractivity contribution in [1.82, 2.24) is 0 Å². The van der Waals surface area contributed by atoms with Gasteiger partial charge in [0.15, 0.2) is 0 Å². The Bertz CT molecular complexity index is 649. The highest BCUT2D eigenvalue weighted by Gasteiger charge is 2.08. The summed E-state index contributed by atoms with van der Waals surface area (Å²) in [6.45, 7) is 0. The zero-order chi connectivity index (χ0) is 14.0. The van der Waals surface area contributed by atoms with Crippen LogP contribution in [0.2, 0.25) is 10.0 Å². The Labute approximate surface area is 134 Å². The van der Waals surface area contributed by atoms with Gasteiger partial charge in [0.2, 0.25) is 0 Å². The molecule has 2 rings (SSSR count). The molecule has 0 aliphatic carbocycles. The molecule has 2 nitrogen and oxygen atoms in total. The molecule has 2 aromatic rings. The summed E-state index contributed by atoms with van der Waals surface area (Å²) >= 11 is 20.4. The van der Waals surface area contributed by atoms with Crippen LogP contribution >= 0.6 is 51.3 Å². The molecule has 0 aliphatic heterocycles. The minimum atomic E-state index is 0.248. The third kappa shape index (κ3) is 3.60. The predicted octanol–water partition coefficient (Wildman–Crippen LogP) is 5.18. The van der Waals surface area contributed by atoms with E-state index < -0.39 is 0 Å². The molecular weight excluding hydrogens is 369 g/mol. The highest BCUT2D eigenvalue weighted by Crippen LogP contribution is 2.33. The monoisotopic (exact) mass is 375 g/mol. The Morgan fingerprint density at radius 2 is 1.84 bits per heavy atom. The van der Waals surface area contributed by atoms with Crippen molar-refractivity contribution < 1.29 is 4.74 Å². The average molecular weight is 377 g/mol. The van der Waals surface area contributed by atoms with Gasteiger partial charge in [-0.15, -0.1) is 0 Å². The summed E-state index contributed by atoms with van der Waals surface area (Å²) in [7, 11) is 0. The van der Waals surface area contributed by atoms with Gasteiger partial charge in [0.05, 0.1) is 10.0 Å². The highest BCUT2D eigenvalue weighted by molar-refractivity contribution is 9.10. The number of rotatable bonds is 3. The van der Waals surface area contributed by atoms with Gasteiger partial charge < -0.3 is 10.5 Å². The van der Waals surface area contributed by atoms with Gasteiger partial charge in [-0.25, -0.2) is 0 Å². The molecule has 0 atom stereocenters. The van der Waals surface area contributed by atoms with Crippen LogP contribution in [0.4, 0.5) is 0 Å². The molecule has 98 valence electrons. The van der Waals surface area contributed by atoms with Gasteiger partial charge in [0, 0.05) is 16.1 Å². The number of ether oxygens (including phenoxy) is 1. The van der Waals surface area contributed by atoms with Crippen molar-refractivity contribution in [3.8, 4) is 11.5 Å². The van der Waals surface area contributed by atoms with Gasteiger partial charge in [-0.05, 0) is 30.3 Å². The maximum absolute atomic E-state index is 6.07. The van der Waals surface area contributed by atoms with Crippen LogP contribution in [0.25, 0.3) is 0 Å². The van der Waals surface area contributed by atoms with Crippen molar-refractivity contribution in [2.45, 2.75) is 0 Å². The Balaban J connectivity index is 2.29. The van der Waals surface area contributed by atoms with Crippen molar-refractivity contribution in [2.75, 3.05) is 0 Å². The maximum Gasteiger partial charge on any atom is 0.146 e. The first-order chi connectivity index (χ1) is 8.97. The van der Waals surface area contributed by atoms with E-state index in [0.29, 0.717) is 27.1 Å². The lowest BCUT2D eigenvalue weighted by Crippen LogP contribution is -2.09. The molecular formula is C13H8BrCl2NOS. The van der Waals surface area contributed by atoms with Gasteiger partial charge in [-0.3, -0.25) is 0 Å². The number of hydrogen-bond donors (Lipinski definition) is 1. The van der Waals surface area contributed by atoms with Crippen LogP contribution in [0.1, 0.15) is 5.56 Å². The SMILES string of the molecule is NC(=S)c1ccc(Oc2ccc(Br)cc2Cl)cc1Cl. The van der Waals surface area contributed by atoms with E-state index in [9.17, 15) is 0 Å². The van der Waals surface area contributed by atoms with E-state index in [-0.39, 0.29) is 4.99 Å². The Morgan fingerprint density at radius 1 is 1.11 bits per heavy atom. The summed E-state index contributed by atoms with van der Waals surface area (Å²) in [6.07, 6.45) is 0. The van der Waals surface area contributed by atoms with Crippen LogP contribution in [0, 0.1) is 0 Å². The van der Waals surface area contributed by atoms with Crippen LogP contribution in [-0.2, 0) is 0 Å². The van der Waals surface area contributed by atoms with Crippen LogP contribution in [0.5, 0.6) is 11.5 Å². The largest absolute Gasteiger partial charge is 0.456 e. The van der Waals surface area contributed by atoms with Crippen LogP contribution in [0.3, 0.4) is 0 Å². The van der Waals surface area contributed by atoms with Crippen molar-refractivity contribution >= 4 is 56.3 Å². The molecule has 0 aliphatic rings. The lowest BCUT2D eigenvalue weighted by Gasteiger charge is -2.09. The summed E-state index contributed by atoms with van der Waals surface area (Å²) in [4.78, 5) is 0.248. The first kappa shape index (κ1) is 14.6. The first-order valence-electron chi connectivity index (χ1n) is 5.19. The summed E-state index contributed by atoms with van der Waals surface area (Å²) in [5.74, 6) is 1.11. The van der Waals surface area contributed by atoms with Crippen LogP contribution in [0.15, 0.2) is 40.9 Å². The molecule has 0 unspecified atom stereocenters. The van der Waals surface area contributed by atoms with Crippen LogP contribution in [-0.4, -0.2) is 4.99 Å². The van der Waals surface area contributed by atoms with Crippen LogP contribution < -0.4 is 10.5 Å². The zero-order valence-electron chi connectivity index (χ0n) is 9.49. The number of halogens is 3. The number of hydrogen-bond acceptors (Lipinski definition) is 2. The predicted molar refractivity (Wildman–Crippen MR) is 86.6 cm³/mol. The summed E-state index contributed by atoms with van der Waals surface area (Å²) in [5.41, 5.74) is 6.15. The van der Waals surface area contributed by atoms with Crippen molar-refractivity contribution in [2.24, 2.45) is 5.73 Å². The van der Waals surface area contributed by atoms with Gasteiger partial charge >= 0.3 is 0 Å². The fourth-order valence-electron chi connectivity index (χ4n) is 1.44. The summed E-state index contributed by atoms with van der Waals surface area (Å²) in [5, 5.41) is 0.946. The zero-order valence-corrected chi connectivity index (χ0v) is 13.4. The van der Waals surface area contributed by atoms with E-state index in [0.717, 1.165) is 4.47 Å². The Hall–Kier alpha value is -0.810. The molecule has 0 spiro atoms. The second-order valence-electron chi connectivity index (χ2n) is 3.68. The van der Waals surface area contributed by atoms with Gasteiger partial charge in [-0.1, -0.05) is 51.3 Å². The molecule has 19 heavy (non-hydrogen) atoms. The minimum Gasteiger partial charge on any atom is -0.456 e. The molecule has 0 saturated heterocycles. The lowest BCUT2D eigenvalue weighted by molar-refractivity contribution is 0.483. The molecule has 0 amide bonds. The van der Waals surface area contributed by atoms with E-state index in [4.69, 9.17) is 45.9 Å². The smallest absolute Gasteiger partial charge is 0.146 e. The second kappa shape index (κ2) is 6.09. The summed E-state index contributed by atoms with van der Waals surface area (Å²) < 4.78 is 6.54. The molecule has 0 bridgehead atoms. The lowest BCUT2D eigenvalue weighted by atomic mass is 10.2. The highest BCUT2D eigenvalue weighted by atomic mass is 79.9. The van der Waals surface area contributed by atoms with E-state index >= 15 is 0 Å². The van der Waals surface area contributed by atoms with Crippen molar-refractivity contribution in [3.05, 3.63) is 56.5 Å². The first-order valence-corrected chi connectivity index (χ1v) is 7.15. The fraction of sp³-hybridized carbons (Fsp3) is 0. The molecule has 0 radical (unpaired) electrons. The van der Waals surface area contributed by atoms with Gasteiger partial charge in [-0.2, -0.15) is 0 Å². The topological polar surface area (TPSA) is 35.2 Å². The Kier molecular flexibility index (Phi) is 4.68. The third-order valence-corrected chi connectivity index (χ3v) is 3.65. The van der Waals surface area contributed by atoms with Crippen molar-refractivity contribution in [3.63, 3.8) is 0 Å². The second-order valence-corrected chi connectivity index (χ2v) is 5.85. The van der Waals surface area contributed by atoms with E-state index in [1.807, 2.05) is 6.07 Å². The molecule has 0 heterocycles. The van der Waals surface area contributed by atoms with E-state index in [1.54, 1.807) is 30.3 Å². The average Bonchev–Trinajstić information content (AvgIpc) is 2.32. The molecule has 0 saturated carbocycles. The third-order valence-electron chi connectivity index (χ3n) is 2.33. The number of thiocarbonyl (C=S) groups is 1. The standard InChI is InChI=1S/C13H8BrCl2NOS/c14-7-1-4-12(11(16)5-7)18-8-2-3-9(13(17)19)10(15)6-8/h1-6H,(H2,17,19). The molecule has 2 aromatic carbocycles. The quantitative estimate of drug-likeness (QED) is 0.749. The molecule has 0 aromatic heterocycles. The van der Waals surface area contributed by atoms with Crippen molar-refractivity contribution in [1.29, 1.82) is 0 Å². The molecule has 2 N–H and O–H groups in total. The Morgan fingerprint density at radius 3 is 2.42 bits per heavy atom. The number of nitrogens with two attached hydrogens (primary N) is 1. The minimum absolute atomic E-state index is 0.248. The molecule has 6 heteroatoms. The number of benzene rings is 2.